The second-order valence-corrected chi connectivity index (χ2v) is 24.3. The summed E-state index contributed by atoms with van der Waals surface area (Å²) in [6.07, 6.45) is 57.4. The van der Waals surface area contributed by atoms with Gasteiger partial charge in [0, 0.05) is 0 Å². The Kier molecular flexibility index (Phi) is 36.1. The summed E-state index contributed by atoms with van der Waals surface area (Å²) in [4.78, 5) is 0. The molecular weight excluding hydrogens is 595 g/mol. The van der Waals surface area contributed by atoms with Crippen molar-refractivity contribution in [1.82, 2.24) is 0 Å². The maximum atomic E-state index is 8.19. The normalized spacial score (nSPS) is 12.9. The molecule has 0 aliphatic rings. The molecule has 0 atom stereocenters. The molecule has 0 bridgehead atoms. The molecule has 46 heavy (non-hydrogen) atoms. The molecule has 0 N–H and O–H groups in total. The van der Waals surface area contributed by atoms with E-state index in [-0.39, 0.29) is 0 Å². The molecular formula is C44H92ClP. The smallest absolute Gasteiger partial charge is 0.0654 e. The Labute approximate surface area is 299 Å². The molecule has 0 unspecified atom stereocenters. The molecule has 0 aromatic heterocycles. The summed E-state index contributed by atoms with van der Waals surface area (Å²) in [5, 5.41) is 0. The van der Waals surface area contributed by atoms with Gasteiger partial charge >= 0.3 is 248 Å². The minimum absolute atomic E-state index is 1.34. The standard InChI is InChI=1S/C44H92ClP/c1-5-9-13-17-19-21-23-25-27-29-31-33-35-39-43-46(45,41-37-15-11-7-3,42-38-16-12-8-4)44-40-36-34-32-30-28-26-24-22-20-18-14-10-6-2/h5-44H2,1-4H3. The van der Waals surface area contributed by atoms with E-state index >= 15 is 0 Å². The first-order valence-corrected chi connectivity index (χ1v) is 26.1. The van der Waals surface area contributed by atoms with Gasteiger partial charge in [0.1, 0.15) is 0 Å². The number of rotatable bonds is 40. The minimum Gasteiger partial charge on any atom is -0.0654 e. The zero-order valence-electron chi connectivity index (χ0n) is 33.1. The molecule has 0 spiro atoms. The van der Waals surface area contributed by atoms with Crippen LogP contribution in [0.2, 0.25) is 0 Å². The second-order valence-electron chi connectivity index (χ2n) is 16.0. The Bertz CT molecular complexity index is 526. The van der Waals surface area contributed by atoms with E-state index in [1.807, 2.05) is 0 Å². The predicted molar refractivity (Wildman–Crippen MR) is 221 cm³/mol. The first-order valence-electron chi connectivity index (χ1n) is 22.3. The summed E-state index contributed by atoms with van der Waals surface area (Å²) in [5.74, 6) is -2.13. The summed E-state index contributed by atoms with van der Waals surface area (Å²) in [5.41, 5.74) is 0. The minimum atomic E-state index is -2.13. The third-order valence-corrected chi connectivity index (χ3v) is 19.0. The van der Waals surface area contributed by atoms with E-state index in [4.69, 9.17) is 11.2 Å². The van der Waals surface area contributed by atoms with Gasteiger partial charge in [0.25, 0.3) is 0 Å². The van der Waals surface area contributed by atoms with Gasteiger partial charge in [-0.05, 0) is 0 Å². The van der Waals surface area contributed by atoms with Gasteiger partial charge in [0.2, 0.25) is 0 Å². The Balaban J connectivity index is 4.50. The van der Waals surface area contributed by atoms with Crippen LogP contribution in [0.1, 0.15) is 259 Å². The van der Waals surface area contributed by atoms with E-state index < -0.39 is 5.96 Å². The maximum absolute atomic E-state index is 8.19. The van der Waals surface area contributed by atoms with E-state index in [0.29, 0.717) is 0 Å². The van der Waals surface area contributed by atoms with Crippen LogP contribution in [0.5, 0.6) is 0 Å². The van der Waals surface area contributed by atoms with Gasteiger partial charge in [-0.15, -0.1) is 0 Å². The average molecular weight is 688 g/mol. The van der Waals surface area contributed by atoms with Crippen molar-refractivity contribution in [3.63, 3.8) is 0 Å². The predicted octanol–water partition coefficient (Wildman–Crippen LogP) is 17.8. The molecule has 0 aliphatic heterocycles. The Hall–Kier alpha value is 0.720. The summed E-state index contributed by atoms with van der Waals surface area (Å²) < 4.78 is 0. The van der Waals surface area contributed by atoms with Crippen molar-refractivity contribution in [3.05, 3.63) is 0 Å². The summed E-state index contributed by atoms with van der Waals surface area (Å²) >= 11 is 8.19. The number of hydrogen-bond acceptors (Lipinski definition) is 0. The third kappa shape index (κ3) is 30.8. The fourth-order valence-corrected chi connectivity index (χ4v) is 14.8. The molecule has 0 nitrogen and oxygen atoms in total. The summed E-state index contributed by atoms with van der Waals surface area (Å²) in [6.45, 7) is 9.34. The van der Waals surface area contributed by atoms with Crippen LogP contribution in [0.3, 0.4) is 0 Å². The van der Waals surface area contributed by atoms with Crippen molar-refractivity contribution in [2.75, 3.05) is 24.6 Å². The van der Waals surface area contributed by atoms with Crippen molar-refractivity contribution < 1.29 is 0 Å². The van der Waals surface area contributed by atoms with Crippen molar-refractivity contribution in [1.29, 1.82) is 0 Å². The molecule has 280 valence electrons. The molecule has 2 heteroatoms. The van der Waals surface area contributed by atoms with Gasteiger partial charge in [-0.3, -0.25) is 0 Å². The molecule has 0 aliphatic carbocycles. The molecule has 0 aromatic rings. The van der Waals surface area contributed by atoms with Crippen molar-refractivity contribution in [3.8, 4) is 0 Å². The molecule has 0 radical (unpaired) electrons. The molecule has 0 rings (SSSR count). The number of hydrogen-bond donors (Lipinski definition) is 0. The van der Waals surface area contributed by atoms with Crippen molar-refractivity contribution in [2.45, 2.75) is 259 Å². The molecule has 0 saturated heterocycles. The van der Waals surface area contributed by atoms with E-state index in [0.717, 1.165) is 0 Å². The quantitative estimate of drug-likeness (QED) is 0.0444. The Morgan fingerprint density at radius 2 is 0.348 bits per heavy atom. The SMILES string of the molecule is CCCCCCCCCCCCCCCCP(Cl)(CCCCCC)(CCCCCC)CCCCCCCCCCCCCCCC. The van der Waals surface area contributed by atoms with Gasteiger partial charge in [-0.2, -0.15) is 0 Å². The van der Waals surface area contributed by atoms with Crippen LogP contribution >= 0.6 is 17.2 Å². The first kappa shape index (κ1) is 46.7. The fourth-order valence-electron chi connectivity index (χ4n) is 7.94. The van der Waals surface area contributed by atoms with Crippen molar-refractivity contribution in [2.24, 2.45) is 0 Å². The molecule has 0 amide bonds. The summed E-state index contributed by atoms with van der Waals surface area (Å²) in [7, 11) is 0. The van der Waals surface area contributed by atoms with Crippen LogP contribution in [0.25, 0.3) is 0 Å². The topological polar surface area (TPSA) is 0 Å². The second kappa shape index (κ2) is 35.5. The molecule has 0 saturated carbocycles. The molecule has 0 fully saturated rings. The van der Waals surface area contributed by atoms with Gasteiger partial charge in [-0.25, -0.2) is 0 Å². The fraction of sp³-hybridized carbons (Fsp3) is 1.00. The molecule has 0 heterocycles. The van der Waals surface area contributed by atoms with Gasteiger partial charge < -0.3 is 0 Å². The molecule has 0 aromatic carbocycles. The van der Waals surface area contributed by atoms with E-state index in [9.17, 15) is 0 Å². The van der Waals surface area contributed by atoms with Crippen LogP contribution in [0, 0.1) is 0 Å². The zero-order chi connectivity index (χ0) is 33.7. The van der Waals surface area contributed by atoms with Crippen LogP contribution in [0.15, 0.2) is 0 Å². The number of halogens is 1. The first-order chi connectivity index (χ1) is 22.5. The monoisotopic (exact) mass is 687 g/mol. The Morgan fingerprint density at radius 1 is 0.217 bits per heavy atom. The van der Waals surface area contributed by atoms with Crippen LogP contribution in [0.4, 0.5) is 0 Å². The van der Waals surface area contributed by atoms with Crippen molar-refractivity contribution >= 4 is 17.2 Å². The van der Waals surface area contributed by atoms with Crippen LogP contribution in [-0.2, 0) is 0 Å². The van der Waals surface area contributed by atoms with E-state index in [2.05, 4.69) is 27.7 Å². The Morgan fingerprint density at radius 3 is 0.522 bits per heavy atom. The van der Waals surface area contributed by atoms with Crippen LogP contribution < -0.4 is 0 Å². The third-order valence-electron chi connectivity index (χ3n) is 11.3. The van der Waals surface area contributed by atoms with Crippen LogP contribution in [-0.4, -0.2) is 24.6 Å². The van der Waals surface area contributed by atoms with Gasteiger partial charge in [-0.1, -0.05) is 52.4 Å². The zero-order valence-corrected chi connectivity index (χ0v) is 34.8. The van der Waals surface area contributed by atoms with E-state index in [1.54, 1.807) is 0 Å². The number of unbranched alkanes of at least 4 members (excludes halogenated alkanes) is 32. The summed E-state index contributed by atoms with van der Waals surface area (Å²) in [6, 6.07) is 0. The average Bonchev–Trinajstić information content (AvgIpc) is 3.06. The van der Waals surface area contributed by atoms with Gasteiger partial charge in [0.15, 0.2) is 0 Å². The van der Waals surface area contributed by atoms with E-state index in [1.165, 1.54) is 256 Å². The van der Waals surface area contributed by atoms with Gasteiger partial charge in [0.05, 0.1) is 0 Å².